The summed E-state index contributed by atoms with van der Waals surface area (Å²) in [5, 5.41) is 18.2. The predicted molar refractivity (Wildman–Crippen MR) is 107 cm³/mol. The molecule has 2 unspecified atom stereocenters. The molecule has 0 radical (unpaired) electrons. The Morgan fingerprint density at radius 2 is 1.74 bits per heavy atom. The molecule has 142 valence electrons. The van der Waals surface area contributed by atoms with Crippen molar-refractivity contribution in [3.8, 4) is 11.4 Å². The molecule has 0 bridgehead atoms. The van der Waals surface area contributed by atoms with Crippen molar-refractivity contribution in [3.05, 3.63) is 78.1 Å². The van der Waals surface area contributed by atoms with Crippen LogP contribution in [0.5, 0.6) is 5.75 Å². The number of hydrogen-bond donors (Lipinski definition) is 2. The number of nitrogens with zero attached hydrogens (tertiary/aromatic N) is 2. The summed E-state index contributed by atoms with van der Waals surface area (Å²) >= 11 is 0. The Balaban J connectivity index is 1.50. The molecule has 0 aliphatic heterocycles. The molecule has 0 saturated carbocycles. The number of aliphatic hydroxyl groups is 1. The van der Waals surface area contributed by atoms with E-state index in [1.807, 2.05) is 60.1 Å². The summed E-state index contributed by atoms with van der Waals surface area (Å²) < 4.78 is 7.58. The van der Waals surface area contributed by atoms with Gasteiger partial charge in [0.05, 0.1) is 11.4 Å². The Labute approximate surface area is 160 Å². The third-order valence-corrected chi connectivity index (χ3v) is 4.31. The third kappa shape index (κ3) is 5.67. The average Bonchev–Trinajstić information content (AvgIpc) is 3.06. The lowest BCUT2D eigenvalue weighted by atomic mass is 10.1. The topological polar surface area (TPSA) is 59.3 Å². The van der Waals surface area contributed by atoms with Gasteiger partial charge in [-0.2, -0.15) is 5.10 Å². The van der Waals surface area contributed by atoms with Crippen LogP contribution in [0.1, 0.15) is 18.3 Å². The maximum absolute atomic E-state index is 10.2. The van der Waals surface area contributed by atoms with Crippen molar-refractivity contribution < 1.29 is 9.84 Å². The van der Waals surface area contributed by atoms with Gasteiger partial charge in [-0.25, -0.2) is 4.68 Å². The van der Waals surface area contributed by atoms with Gasteiger partial charge in [0, 0.05) is 24.7 Å². The van der Waals surface area contributed by atoms with Crippen LogP contribution in [0.3, 0.4) is 0 Å². The minimum absolute atomic E-state index is 0.204. The maximum Gasteiger partial charge on any atom is 0.119 e. The van der Waals surface area contributed by atoms with Crippen molar-refractivity contribution in [1.29, 1.82) is 0 Å². The first-order valence-corrected chi connectivity index (χ1v) is 9.32. The molecule has 3 aromatic rings. The van der Waals surface area contributed by atoms with Crippen LogP contribution >= 0.6 is 0 Å². The molecule has 2 atom stereocenters. The van der Waals surface area contributed by atoms with E-state index in [1.165, 1.54) is 0 Å². The molecule has 0 aliphatic rings. The van der Waals surface area contributed by atoms with E-state index in [4.69, 9.17) is 4.74 Å². The van der Waals surface area contributed by atoms with Gasteiger partial charge in [0.2, 0.25) is 0 Å². The number of aliphatic hydroxyl groups excluding tert-OH is 1. The van der Waals surface area contributed by atoms with E-state index >= 15 is 0 Å². The van der Waals surface area contributed by atoms with Gasteiger partial charge in [0.25, 0.3) is 0 Å². The monoisotopic (exact) mass is 365 g/mol. The second kappa shape index (κ2) is 9.35. The van der Waals surface area contributed by atoms with Crippen LogP contribution in [-0.4, -0.2) is 40.2 Å². The zero-order valence-corrected chi connectivity index (χ0v) is 15.9. The fourth-order valence-electron chi connectivity index (χ4n) is 2.98. The van der Waals surface area contributed by atoms with Gasteiger partial charge >= 0.3 is 0 Å². The van der Waals surface area contributed by atoms with E-state index in [-0.39, 0.29) is 12.6 Å². The zero-order chi connectivity index (χ0) is 19.1. The molecule has 0 saturated heterocycles. The fourth-order valence-corrected chi connectivity index (χ4v) is 2.98. The Kier molecular flexibility index (Phi) is 6.63. The quantitative estimate of drug-likeness (QED) is 0.612. The van der Waals surface area contributed by atoms with Crippen molar-refractivity contribution in [2.75, 3.05) is 13.2 Å². The number of ether oxygens (including phenoxy) is 1. The van der Waals surface area contributed by atoms with E-state index in [0.717, 1.165) is 29.2 Å². The number of benzene rings is 2. The SMILES string of the molecule is Cc1cc(CC(C)NCC(O)COc2ccccc2)n(-c2ccccc2)n1. The molecule has 1 aromatic heterocycles. The van der Waals surface area contributed by atoms with Gasteiger partial charge < -0.3 is 15.2 Å². The fraction of sp³-hybridized carbons (Fsp3) is 0.318. The summed E-state index contributed by atoms with van der Waals surface area (Å²) in [6.45, 7) is 4.87. The maximum atomic E-state index is 10.2. The van der Waals surface area contributed by atoms with Crippen LogP contribution in [0.25, 0.3) is 5.69 Å². The number of nitrogens with one attached hydrogen (secondary N) is 1. The van der Waals surface area contributed by atoms with E-state index in [2.05, 4.69) is 35.5 Å². The van der Waals surface area contributed by atoms with Gasteiger partial charge in [-0.3, -0.25) is 0 Å². The first-order valence-electron chi connectivity index (χ1n) is 9.32. The molecule has 1 heterocycles. The smallest absolute Gasteiger partial charge is 0.119 e. The molecule has 2 N–H and O–H groups in total. The molecule has 27 heavy (non-hydrogen) atoms. The number of rotatable bonds is 9. The second-order valence-corrected chi connectivity index (χ2v) is 6.82. The Hall–Kier alpha value is -2.63. The highest BCUT2D eigenvalue weighted by molar-refractivity contribution is 5.33. The van der Waals surface area contributed by atoms with Crippen molar-refractivity contribution in [2.24, 2.45) is 0 Å². The second-order valence-electron chi connectivity index (χ2n) is 6.82. The van der Waals surface area contributed by atoms with Crippen LogP contribution in [0.4, 0.5) is 0 Å². The van der Waals surface area contributed by atoms with Gasteiger partial charge in [-0.15, -0.1) is 0 Å². The highest BCUT2D eigenvalue weighted by Gasteiger charge is 2.13. The standard InChI is InChI=1S/C22H27N3O2/c1-17(23-15-21(26)16-27-22-11-7-4-8-12-22)13-20-14-18(2)24-25(20)19-9-5-3-6-10-19/h3-12,14,17,21,23,26H,13,15-16H2,1-2H3. The first kappa shape index (κ1) is 19.1. The lowest BCUT2D eigenvalue weighted by molar-refractivity contribution is 0.104. The summed E-state index contributed by atoms with van der Waals surface area (Å²) in [5.74, 6) is 0.770. The zero-order valence-electron chi connectivity index (χ0n) is 15.9. The molecule has 0 amide bonds. The molecule has 5 heteroatoms. The minimum Gasteiger partial charge on any atom is -0.491 e. The molecule has 0 fully saturated rings. The summed E-state index contributed by atoms with van der Waals surface area (Å²) in [4.78, 5) is 0. The van der Waals surface area contributed by atoms with Crippen LogP contribution in [0.15, 0.2) is 66.7 Å². The van der Waals surface area contributed by atoms with E-state index in [9.17, 15) is 5.11 Å². The van der Waals surface area contributed by atoms with Crippen molar-refractivity contribution in [1.82, 2.24) is 15.1 Å². The number of aryl methyl sites for hydroxylation is 1. The van der Waals surface area contributed by atoms with Crippen molar-refractivity contribution in [3.63, 3.8) is 0 Å². The predicted octanol–water partition coefficient (Wildman–Crippen LogP) is 3.14. The first-order chi connectivity index (χ1) is 13.1. The van der Waals surface area contributed by atoms with Gasteiger partial charge in [0.1, 0.15) is 18.5 Å². The molecule has 3 rings (SSSR count). The number of aromatic nitrogens is 2. The average molecular weight is 365 g/mol. The van der Waals surface area contributed by atoms with Gasteiger partial charge in [0.15, 0.2) is 0 Å². The van der Waals surface area contributed by atoms with Crippen LogP contribution in [0.2, 0.25) is 0 Å². The molecule has 0 aliphatic carbocycles. The van der Waals surface area contributed by atoms with E-state index in [0.29, 0.717) is 6.54 Å². The number of hydrogen-bond acceptors (Lipinski definition) is 4. The Morgan fingerprint density at radius 1 is 1.07 bits per heavy atom. The molecule has 2 aromatic carbocycles. The third-order valence-electron chi connectivity index (χ3n) is 4.31. The molecule has 0 spiro atoms. The summed E-state index contributed by atoms with van der Waals surface area (Å²) in [6.07, 6.45) is 0.260. The number of para-hydroxylation sites is 2. The highest BCUT2D eigenvalue weighted by atomic mass is 16.5. The normalized spacial score (nSPS) is 13.3. The van der Waals surface area contributed by atoms with E-state index < -0.39 is 6.10 Å². The minimum atomic E-state index is -0.562. The largest absolute Gasteiger partial charge is 0.491 e. The van der Waals surface area contributed by atoms with Crippen LogP contribution < -0.4 is 10.1 Å². The lowest BCUT2D eigenvalue weighted by Gasteiger charge is -2.18. The highest BCUT2D eigenvalue weighted by Crippen LogP contribution is 2.14. The van der Waals surface area contributed by atoms with Gasteiger partial charge in [-0.05, 0) is 44.2 Å². The Morgan fingerprint density at radius 3 is 2.44 bits per heavy atom. The molecular weight excluding hydrogens is 338 g/mol. The summed E-state index contributed by atoms with van der Waals surface area (Å²) in [6, 6.07) is 22.0. The summed E-state index contributed by atoms with van der Waals surface area (Å²) in [5.41, 5.74) is 3.20. The van der Waals surface area contributed by atoms with Crippen LogP contribution in [-0.2, 0) is 6.42 Å². The van der Waals surface area contributed by atoms with E-state index in [1.54, 1.807) is 0 Å². The lowest BCUT2D eigenvalue weighted by Crippen LogP contribution is -2.37. The van der Waals surface area contributed by atoms with Crippen molar-refractivity contribution in [2.45, 2.75) is 32.4 Å². The van der Waals surface area contributed by atoms with Crippen LogP contribution in [0, 0.1) is 6.92 Å². The molecule has 5 nitrogen and oxygen atoms in total. The summed E-state index contributed by atoms with van der Waals surface area (Å²) in [7, 11) is 0. The Bertz CT molecular complexity index is 818. The van der Waals surface area contributed by atoms with Gasteiger partial charge in [-0.1, -0.05) is 36.4 Å². The molecular formula is C22H27N3O2. The van der Waals surface area contributed by atoms with Crippen molar-refractivity contribution >= 4 is 0 Å².